The van der Waals surface area contributed by atoms with Gasteiger partial charge in [0, 0.05) is 39.4 Å². The zero-order valence-electron chi connectivity index (χ0n) is 19.9. The van der Waals surface area contributed by atoms with Crippen molar-refractivity contribution in [2.45, 2.75) is 36.5 Å². The van der Waals surface area contributed by atoms with E-state index in [4.69, 9.17) is 9.47 Å². The molecule has 0 saturated carbocycles. The summed E-state index contributed by atoms with van der Waals surface area (Å²) in [5, 5.41) is 0. The van der Waals surface area contributed by atoms with E-state index >= 15 is 0 Å². The average molecular weight is 511 g/mol. The molecule has 0 unspecified atom stereocenters. The maximum Gasteiger partial charge on any atom is 0.243 e. The molecule has 0 aromatic heterocycles. The maximum atomic E-state index is 13.4. The third-order valence-corrected chi connectivity index (χ3v) is 9.51. The molecular formula is C24H34N2O6S2. The van der Waals surface area contributed by atoms with Gasteiger partial charge in [0.15, 0.2) is 0 Å². The molecule has 34 heavy (non-hydrogen) atoms. The Hall–Kier alpha value is -1.82. The van der Waals surface area contributed by atoms with Crippen LogP contribution in [0.4, 0.5) is 0 Å². The van der Waals surface area contributed by atoms with E-state index in [0.29, 0.717) is 39.3 Å². The number of hydrogen-bond donors (Lipinski definition) is 0. The second kappa shape index (κ2) is 12.2. The molecule has 10 heteroatoms. The van der Waals surface area contributed by atoms with Crippen LogP contribution in [0.1, 0.15) is 24.0 Å². The van der Waals surface area contributed by atoms with Gasteiger partial charge in [-0.1, -0.05) is 35.4 Å². The highest BCUT2D eigenvalue weighted by Gasteiger charge is 2.29. The fraction of sp³-hybridized carbons (Fsp3) is 0.500. The van der Waals surface area contributed by atoms with Crippen molar-refractivity contribution in [2.75, 3.05) is 52.6 Å². The molecule has 1 saturated heterocycles. The maximum absolute atomic E-state index is 13.4. The lowest BCUT2D eigenvalue weighted by Gasteiger charge is -2.27. The summed E-state index contributed by atoms with van der Waals surface area (Å²) in [6.07, 6.45) is 0.992. The highest BCUT2D eigenvalue weighted by molar-refractivity contribution is 7.89. The van der Waals surface area contributed by atoms with Gasteiger partial charge < -0.3 is 9.47 Å². The SMILES string of the molecule is Cc1ccc(S(=O)(=O)N2CCCOCCOCCCN(S(=O)(=O)c3ccc(C)cc3)CC2)cc1. The molecule has 0 amide bonds. The lowest BCUT2D eigenvalue weighted by atomic mass is 10.2. The summed E-state index contributed by atoms with van der Waals surface area (Å²) in [4.78, 5) is 0.392. The molecule has 1 aliphatic rings. The first-order chi connectivity index (χ1) is 16.2. The number of sulfonamides is 2. The van der Waals surface area contributed by atoms with Gasteiger partial charge in [0.1, 0.15) is 0 Å². The predicted octanol–water partition coefficient (Wildman–Crippen LogP) is 2.81. The van der Waals surface area contributed by atoms with E-state index in [1.165, 1.54) is 8.61 Å². The highest BCUT2D eigenvalue weighted by Crippen LogP contribution is 2.20. The van der Waals surface area contributed by atoms with Gasteiger partial charge in [-0.25, -0.2) is 16.8 Å². The lowest BCUT2D eigenvalue weighted by molar-refractivity contribution is 0.0427. The summed E-state index contributed by atoms with van der Waals surface area (Å²) < 4.78 is 67.4. The van der Waals surface area contributed by atoms with Crippen molar-refractivity contribution in [2.24, 2.45) is 0 Å². The van der Waals surface area contributed by atoms with E-state index in [1.54, 1.807) is 48.5 Å². The second-order valence-corrected chi connectivity index (χ2v) is 12.2. The number of hydrogen-bond acceptors (Lipinski definition) is 6. The number of benzene rings is 2. The van der Waals surface area contributed by atoms with E-state index in [0.717, 1.165) is 11.1 Å². The molecule has 0 radical (unpaired) electrons. The lowest BCUT2D eigenvalue weighted by Crippen LogP contribution is -2.42. The normalized spacial score (nSPS) is 18.9. The topological polar surface area (TPSA) is 93.2 Å². The first-order valence-corrected chi connectivity index (χ1v) is 14.4. The molecule has 0 atom stereocenters. The van der Waals surface area contributed by atoms with E-state index in [9.17, 15) is 16.8 Å². The van der Waals surface area contributed by atoms with Crippen molar-refractivity contribution in [3.8, 4) is 0 Å². The van der Waals surface area contributed by atoms with Gasteiger partial charge in [0.2, 0.25) is 20.0 Å². The van der Waals surface area contributed by atoms with Crippen LogP contribution in [0.2, 0.25) is 0 Å². The summed E-state index contributed by atoms with van der Waals surface area (Å²) >= 11 is 0. The first kappa shape index (κ1) is 26.8. The molecule has 0 aliphatic carbocycles. The van der Waals surface area contributed by atoms with Gasteiger partial charge in [-0.15, -0.1) is 0 Å². The molecule has 2 aromatic rings. The summed E-state index contributed by atoms with van der Waals surface area (Å²) in [5.74, 6) is 0. The Balaban J connectivity index is 1.87. The van der Waals surface area contributed by atoms with E-state index < -0.39 is 20.0 Å². The molecule has 3 rings (SSSR count). The zero-order valence-corrected chi connectivity index (χ0v) is 21.5. The second-order valence-electron chi connectivity index (χ2n) is 8.37. The molecule has 1 fully saturated rings. The molecular weight excluding hydrogens is 476 g/mol. The summed E-state index contributed by atoms with van der Waals surface area (Å²) in [6.45, 7) is 5.96. The Labute approximate surface area is 203 Å². The number of aryl methyl sites for hydroxylation is 2. The number of rotatable bonds is 4. The molecule has 1 aliphatic heterocycles. The fourth-order valence-corrected chi connectivity index (χ4v) is 6.59. The van der Waals surface area contributed by atoms with Gasteiger partial charge in [-0.3, -0.25) is 0 Å². The molecule has 8 nitrogen and oxygen atoms in total. The quantitative estimate of drug-likeness (QED) is 0.628. The molecule has 2 aromatic carbocycles. The minimum atomic E-state index is -3.79. The van der Waals surface area contributed by atoms with Crippen molar-refractivity contribution < 1.29 is 26.3 Å². The van der Waals surface area contributed by atoms with Crippen molar-refractivity contribution in [1.29, 1.82) is 0 Å². The fourth-order valence-electron chi connectivity index (χ4n) is 3.65. The summed E-state index contributed by atoms with van der Waals surface area (Å²) in [6, 6.07) is 13.4. The number of ether oxygens (including phenoxy) is 2. The van der Waals surface area contributed by atoms with Crippen LogP contribution in [0, 0.1) is 13.8 Å². The number of nitrogens with zero attached hydrogens (tertiary/aromatic N) is 2. The van der Waals surface area contributed by atoms with Crippen LogP contribution in [0.15, 0.2) is 58.3 Å². The summed E-state index contributed by atoms with van der Waals surface area (Å²) in [5.41, 5.74) is 1.93. The molecule has 1 heterocycles. The van der Waals surface area contributed by atoms with Gasteiger partial charge >= 0.3 is 0 Å². The first-order valence-electron chi connectivity index (χ1n) is 11.5. The third-order valence-electron chi connectivity index (χ3n) is 5.68. The van der Waals surface area contributed by atoms with Crippen molar-refractivity contribution in [3.05, 3.63) is 59.7 Å². The van der Waals surface area contributed by atoms with Crippen LogP contribution < -0.4 is 0 Å². The van der Waals surface area contributed by atoms with Crippen molar-refractivity contribution in [1.82, 2.24) is 8.61 Å². The monoisotopic (exact) mass is 510 g/mol. The minimum absolute atomic E-state index is 0.0438. The van der Waals surface area contributed by atoms with Crippen LogP contribution in [-0.2, 0) is 29.5 Å². The van der Waals surface area contributed by atoms with Gasteiger partial charge in [0.25, 0.3) is 0 Å². The minimum Gasteiger partial charge on any atom is -0.379 e. The largest absolute Gasteiger partial charge is 0.379 e. The molecule has 0 spiro atoms. The zero-order chi connectivity index (χ0) is 24.6. The van der Waals surface area contributed by atoms with Crippen molar-refractivity contribution in [3.63, 3.8) is 0 Å². The molecule has 188 valence electrons. The van der Waals surface area contributed by atoms with Gasteiger partial charge in [-0.05, 0) is 51.0 Å². The smallest absolute Gasteiger partial charge is 0.243 e. The molecule has 0 bridgehead atoms. The Morgan fingerprint density at radius 1 is 0.559 bits per heavy atom. The predicted molar refractivity (Wildman–Crippen MR) is 131 cm³/mol. The van der Waals surface area contributed by atoms with Crippen molar-refractivity contribution >= 4 is 20.0 Å². The average Bonchev–Trinajstić information content (AvgIpc) is 2.80. The Kier molecular flexibility index (Phi) is 9.64. The van der Waals surface area contributed by atoms with Crippen LogP contribution in [0.25, 0.3) is 0 Å². The van der Waals surface area contributed by atoms with Gasteiger partial charge in [-0.2, -0.15) is 8.61 Å². The van der Waals surface area contributed by atoms with Crippen LogP contribution in [0.5, 0.6) is 0 Å². The highest BCUT2D eigenvalue weighted by atomic mass is 32.2. The van der Waals surface area contributed by atoms with Crippen LogP contribution >= 0.6 is 0 Å². The standard InChI is InChI=1S/C24H34N2O6S2/c1-21-5-9-23(10-6-21)33(27,28)25-13-3-17-31-19-20-32-18-4-14-26(16-15-25)34(29,30)24-11-7-22(2)8-12-24/h5-12H,3-4,13-20H2,1-2H3. The van der Waals surface area contributed by atoms with Crippen LogP contribution in [-0.4, -0.2) is 78.1 Å². The van der Waals surface area contributed by atoms with E-state index in [1.807, 2.05) is 13.8 Å². The Morgan fingerprint density at radius 2 is 0.912 bits per heavy atom. The Morgan fingerprint density at radius 3 is 1.26 bits per heavy atom. The van der Waals surface area contributed by atoms with E-state index in [2.05, 4.69) is 0 Å². The van der Waals surface area contributed by atoms with E-state index in [-0.39, 0.29) is 36.0 Å². The summed E-state index contributed by atoms with van der Waals surface area (Å²) in [7, 11) is -7.58. The Bertz CT molecular complexity index is 1030. The van der Waals surface area contributed by atoms with Gasteiger partial charge in [0.05, 0.1) is 23.0 Å². The third kappa shape index (κ3) is 7.10. The van der Waals surface area contributed by atoms with Crippen LogP contribution in [0.3, 0.4) is 0 Å². The molecule has 0 N–H and O–H groups in total.